The molecule has 5 heteroatoms. The Kier molecular flexibility index (Phi) is 6.25. The fourth-order valence-electron chi connectivity index (χ4n) is 3.00. The van der Waals surface area contributed by atoms with E-state index in [-0.39, 0.29) is 18.6 Å². The number of benzene rings is 2. The molecule has 1 aliphatic heterocycles. The van der Waals surface area contributed by atoms with Crippen LogP contribution >= 0.6 is 0 Å². The summed E-state index contributed by atoms with van der Waals surface area (Å²) in [6, 6.07) is 19.6. The van der Waals surface area contributed by atoms with E-state index in [2.05, 4.69) is 0 Å². The standard InChI is InChI=1S/C21H24N2O3/c24-20(12-11-18-7-3-1-4-8-18)22-13-15-23(16-14-22)21(25)26-17-19-9-5-2-6-10-19/h1-10H,11-17H2. The monoisotopic (exact) mass is 352 g/mol. The average Bonchev–Trinajstić information content (AvgIpc) is 2.72. The lowest BCUT2D eigenvalue weighted by Gasteiger charge is -2.34. The van der Waals surface area contributed by atoms with Crippen LogP contribution in [0.5, 0.6) is 0 Å². The van der Waals surface area contributed by atoms with E-state index < -0.39 is 0 Å². The second-order valence-electron chi connectivity index (χ2n) is 6.39. The average molecular weight is 352 g/mol. The van der Waals surface area contributed by atoms with Gasteiger partial charge in [0.1, 0.15) is 6.61 Å². The fourth-order valence-corrected chi connectivity index (χ4v) is 3.00. The molecular formula is C21H24N2O3. The highest BCUT2D eigenvalue weighted by molar-refractivity contribution is 5.77. The summed E-state index contributed by atoms with van der Waals surface area (Å²) in [5.41, 5.74) is 2.14. The lowest BCUT2D eigenvalue weighted by molar-refractivity contribution is -0.132. The summed E-state index contributed by atoms with van der Waals surface area (Å²) in [7, 11) is 0. The van der Waals surface area contributed by atoms with Crippen molar-refractivity contribution in [3.05, 3.63) is 71.8 Å². The highest BCUT2D eigenvalue weighted by Gasteiger charge is 2.24. The Labute approximate surface area is 154 Å². The van der Waals surface area contributed by atoms with Gasteiger partial charge >= 0.3 is 6.09 Å². The number of hydrogen-bond donors (Lipinski definition) is 0. The molecule has 2 aromatic carbocycles. The first-order valence-corrected chi connectivity index (χ1v) is 9.00. The van der Waals surface area contributed by atoms with Crippen molar-refractivity contribution in [2.24, 2.45) is 0 Å². The van der Waals surface area contributed by atoms with Gasteiger partial charge in [-0.1, -0.05) is 60.7 Å². The smallest absolute Gasteiger partial charge is 0.410 e. The third-order valence-electron chi connectivity index (χ3n) is 4.57. The van der Waals surface area contributed by atoms with Crippen molar-refractivity contribution in [3.63, 3.8) is 0 Å². The van der Waals surface area contributed by atoms with Crippen molar-refractivity contribution < 1.29 is 14.3 Å². The van der Waals surface area contributed by atoms with Gasteiger partial charge in [-0.2, -0.15) is 0 Å². The Morgan fingerprint density at radius 1 is 0.769 bits per heavy atom. The molecule has 0 atom stereocenters. The SMILES string of the molecule is O=C(CCc1ccccc1)N1CCN(C(=O)OCc2ccccc2)CC1. The molecule has 1 heterocycles. The van der Waals surface area contributed by atoms with Crippen LogP contribution in [0.25, 0.3) is 0 Å². The topological polar surface area (TPSA) is 49.9 Å². The third-order valence-corrected chi connectivity index (χ3v) is 4.57. The predicted octanol–water partition coefficient (Wildman–Crippen LogP) is 3.10. The zero-order valence-electron chi connectivity index (χ0n) is 14.8. The number of aryl methyl sites for hydroxylation is 1. The maximum Gasteiger partial charge on any atom is 0.410 e. The lowest BCUT2D eigenvalue weighted by atomic mass is 10.1. The molecule has 0 spiro atoms. The van der Waals surface area contributed by atoms with E-state index in [0.29, 0.717) is 32.6 Å². The molecule has 3 rings (SSSR count). The van der Waals surface area contributed by atoms with E-state index in [9.17, 15) is 9.59 Å². The van der Waals surface area contributed by atoms with Crippen LogP contribution in [0.3, 0.4) is 0 Å². The van der Waals surface area contributed by atoms with E-state index in [1.54, 1.807) is 4.90 Å². The van der Waals surface area contributed by atoms with E-state index in [1.807, 2.05) is 65.6 Å². The highest BCUT2D eigenvalue weighted by Crippen LogP contribution is 2.10. The molecular weight excluding hydrogens is 328 g/mol. The summed E-state index contributed by atoms with van der Waals surface area (Å²) >= 11 is 0. The number of carbonyl (C=O) groups excluding carboxylic acids is 2. The van der Waals surface area contributed by atoms with Crippen molar-refractivity contribution in [1.29, 1.82) is 0 Å². The number of nitrogens with zero attached hydrogens (tertiary/aromatic N) is 2. The molecule has 0 radical (unpaired) electrons. The van der Waals surface area contributed by atoms with Crippen LogP contribution < -0.4 is 0 Å². The minimum Gasteiger partial charge on any atom is -0.445 e. The van der Waals surface area contributed by atoms with Gasteiger partial charge in [-0.05, 0) is 17.5 Å². The molecule has 2 amide bonds. The maximum atomic E-state index is 12.3. The van der Waals surface area contributed by atoms with Crippen molar-refractivity contribution in [3.8, 4) is 0 Å². The van der Waals surface area contributed by atoms with Crippen LogP contribution in [0.1, 0.15) is 17.5 Å². The number of hydrogen-bond acceptors (Lipinski definition) is 3. The van der Waals surface area contributed by atoms with E-state index >= 15 is 0 Å². The summed E-state index contributed by atoms with van der Waals surface area (Å²) in [6.07, 6.45) is 0.937. The Balaban J connectivity index is 1.39. The minimum absolute atomic E-state index is 0.145. The Hall–Kier alpha value is -2.82. The van der Waals surface area contributed by atoms with Gasteiger partial charge in [0.15, 0.2) is 0 Å². The van der Waals surface area contributed by atoms with Crippen LogP contribution in [-0.2, 0) is 22.6 Å². The molecule has 0 saturated carbocycles. The van der Waals surface area contributed by atoms with Crippen LogP contribution in [0.4, 0.5) is 4.79 Å². The minimum atomic E-state index is -0.315. The van der Waals surface area contributed by atoms with Gasteiger partial charge < -0.3 is 14.5 Å². The molecule has 0 bridgehead atoms. The third kappa shape index (κ3) is 5.09. The van der Waals surface area contributed by atoms with Crippen molar-refractivity contribution in [1.82, 2.24) is 9.80 Å². The second kappa shape index (κ2) is 9.04. The number of ether oxygens (including phenoxy) is 1. The van der Waals surface area contributed by atoms with Crippen LogP contribution in [0.2, 0.25) is 0 Å². The molecule has 0 aliphatic carbocycles. The molecule has 1 saturated heterocycles. The van der Waals surface area contributed by atoms with Crippen molar-refractivity contribution in [2.45, 2.75) is 19.4 Å². The maximum absolute atomic E-state index is 12.3. The quantitative estimate of drug-likeness (QED) is 0.831. The van der Waals surface area contributed by atoms with Gasteiger partial charge in [0.2, 0.25) is 5.91 Å². The zero-order chi connectivity index (χ0) is 18.2. The molecule has 0 unspecified atom stereocenters. The predicted molar refractivity (Wildman–Crippen MR) is 99.5 cm³/mol. The molecule has 1 fully saturated rings. The molecule has 0 N–H and O–H groups in total. The highest BCUT2D eigenvalue weighted by atomic mass is 16.6. The molecule has 2 aromatic rings. The number of rotatable bonds is 5. The van der Waals surface area contributed by atoms with Crippen LogP contribution in [-0.4, -0.2) is 48.0 Å². The Morgan fingerprint density at radius 2 is 1.31 bits per heavy atom. The Bertz CT molecular complexity index is 647. The van der Waals surface area contributed by atoms with Gasteiger partial charge in [-0.3, -0.25) is 4.79 Å². The fraction of sp³-hybridized carbons (Fsp3) is 0.333. The van der Waals surface area contributed by atoms with E-state index in [4.69, 9.17) is 4.74 Å². The van der Waals surface area contributed by atoms with E-state index in [0.717, 1.165) is 12.0 Å². The lowest BCUT2D eigenvalue weighted by Crippen LogP contribution is -2.50. The van der Waals surface area contributed by atoms with Crippen LogP contribution in [0.15, 0.2) is 60.7 Å². The first-order valence-electron chi connectivity index (χ1n) is 9.00. The van der Waals surface area contributed by atoms with Gasteiger partial charge in [0.05, 0.1) is 0 Å². The first-order chi connectivity index (χ1) is 12.7. The normalized spacial score (nSPS) is 14.2. The number of amides is 2. The molecule has 26 heavy (non-hydrogen) atoms. The largest absolute Gasteiger partial charge is 0.445 e. The Morgan fingerprint density at radius 3 is 1.92 bits per heavy atom. The summed E-state index contributed by atoms with van der Waals surface area (Å²) in [6.45, 7) is 2.44. The summed E-state index contributed by atoms with van der Waals surface area (Å²) in [5.74, 6) is 0.145. The van der Waals surface area contributed by atoms with Gasteiger partial charge in [0, 0.05) is 32.6 Å². The first kappa shape index (κ1) is 18.0. The number of piperazine rings is 1. The second-order valence-corrected chi connectivity index (χ2v) is 6.39. The molecule has 5 nitrogen and oxygen atoms in total. The van der Waals surface area contributed by atoms with E-state index in [1.165, 1.54) is 5.56 Å². The molecule has 136 valence electrons. The van der Waals surface area contributed by atoms with Gasteiger partial charge in [-0.15, -0.1) is 0 Å². The summed E-state index contributed by atoms with van der Waals surface area (Å²) < 4.78 is 5.35. The van der Waals surface area contributed by atoms with Crippen LogP contribution in [0, 0.1) is 0 Å². The van der Waals surface area contributed by atoms with Gasteiger partial charge in [0.25, 0.3) is 0 Å². The van der Waals surface area contributed by atoms with Gasteiger partial charge in [-0.25, -0.2) is 4.79 Å². The summed E-state index contributed by atoms with van der Waals surface area (Å²) in [4.78, 5) is 28.0. The van der Waals surface area contributed by atoms with Crippen molar-refractivity contribution >= 4 is 12.0 Å². The van der Waals surface area contributed by atoms with Crippen molar-refractivity contribution in [2.75, 3.05) is 26.2 Å². The zero-order valence-corrected chi connectivity index (χ0v) is 14.8. The number of carbonyl (C=O) groups is 2. The molecule has 1 aliphatic rings. The summed E-state index contributed by atoms with van der Waals surface area (Å²) in [5, 5.41) is 0. The molecule has 0 aromatic heterocycles.